The molecule has 2 aromatic carbocycles. The van der Waals surface area contributed by atoms with E-state index in [2.05, 4.69) is 40.9 Å². The number of para-hydroxylation sites is 1. The molecule has 0 aromatic heterocycles. The van der Waals surface area contributed by atoms with Crippen LogP contribution >= 0.6 is 0 Å². The number of aliphatic imine (C=N–C) groups is 1. The van der Waals surface area contributed by atoms with Gasteiger partial charge in [0, 0.05) is 38.2 Å². The molecule has 0 fully saturated rings. The number of hydrogen-bond donors (Lipinski definition) is 3. The van der Waals surface area contributed by atoms with Crippen molar-refractivity contribution in [3.05, 3.63) is 65.2 Å². The minimum Gasteiger partial charge on any atom is -0.487 e. The van der Waals surface area contributed by atoms with Gasteiger partial charge in [0.25, 0.3) is 5.91 Å². The number of carbonyl (C=O) groups excluding carboxylic acids is 1. The average Bonchev–Trinajstić information content (AvgIpc) is 2.70. The van der Waals surface area contributed by atoms with Gasteiger partial charge < -0.3 is 20.7 Å². The lowest BCUT2D eigenvalue weighted by Gasteiger charge is -2.38. The molecule has 0 aliphatic carbocycles. The Kier molecular flexibility index (Phi) is 5.87. The van der Waals surface area contributed by atoms with Gasteiger partial charge in [-0.25, -0.2) is 0 Å². The van der Waals surface area contributed by atoms with Crippen LogP contribution in [0.5, 0.6) is 5.75 Å². The highest BCUT2D eigenvalue weighted by Crippen LogP contribution is 2.39. The molecule has 1 atom stereocenters. The number of benzene rings is 2. The predicted octanol–water partition coefficient (Wildman–Crippen LogP) is 3.01. The summed E-state index contributed by atoms with van der Waals surface area (Å²) in [5.74, 6) is 1.56. The van der Waals surface area contributed by atoms with E-state index >= 15 is 0 Å². The number of rotatable bonds is 4. The third-order valence-corrected chi connectivity index (χ3v) is 4.81. The standard InChI is InChI=1S/C22H28N4O2/c1-22(2)13-18(17-7-5-6-8-19(17)28-22)26-21(24-4)25-14-15-9-11-16(12-10-15)20(27)23-3/h5-12,18H,13-14H2,1-4H3,(H,23,27)(H2,24,25,26). The van der Waals surface area contributed by atoms with Crippen LogP contribution in [0.25, 0.3) is 0 Å². The van der Waals surface area contributed by atoms with Crippen LogP contribution in [-0.2, 0) is 6.54 Å². The Hall–Kier alpha value is -3.02. The molecule has 3 N–H and O–H groups in total. The van der Waals surface area contributed by atoms with Gasteiger partial charge in [-0.3, -0.25) is 9.79 Å². The Labute approximate surface area is 166 Å². The van der Waals surface area contributed by atoms with E-state index in [1.165, 1.54) is 0 Å². The lowest BCUT2D eigenvalue weighted by Crippen LogP contribution is -2.45. The van der Waals surface area contributed by atoms with Crippen molar-refractivity contribution in [1.29, 1.82) is 0 Å². The summed E-state index contributed by atoms with van der Waals surface area (Å²) in [6.07, 6.45) is 0.839. The number of fused-ring (bicyclic) bond motifs is 1. The molecule has 1 amide bonds. The molecule has 0 spiro atoms. The van der Waals surface area contributed by atoms with Gasteiger partial charge in [0.15, 0.2) is 5.96 Å². The second kappa shape index (κ2) is 8.33. The third kappa shape index (κ3) is 4.63. The zero-order chi connectivity index (χ0) is 20.1. The van der Waals surface area contributed by atoms with Gasteiger partial charge in [-0.15, -0.1) is 0 Å². The number of hydrogen-bond acceptors (Lipinski definition) is 3. The summed E-state index contributed by atoms with van der Waals surface area (Å²) in [5.41, 5.74) is 2.61. The second-order valence-corrected chi connectivity index (χ2v) is 7.50. The van der Waals surface area contributed by atoms with Crippen molar-refractivity contribution in [2.24, 2.45) is 4.99 Å². The molecule has 1 unspecified atom stereocenters. The molecule has 1 aliphatic rings. The third-order valence-electron chi connectivity index (χ3n) is 4.81. The summed E-state index contributed by atoms with van der Waals surface area (Å²) in [7, 11) is 3.39. The van der Waals surface area contributed by atoms with E-state index in [0.717, 1.165) is 29.3 Å². The first-order chi connectivity index (χ1) is 13.4. The zero-order valence-electron chi connectivity index (χ0n) is 16.9. The molecule has 148 valence electrons. The highest BCUT2D eigenvalue weighted by molar-refractivity contribution is 5.93. The zero-order valence-corrected chi connectivity index (χ0v) is 16.9. The second-order valence-electron chi connectivity index (χ2n) is 7.50. The SMILES string of the molecule is CN=C(NCc1ccc(C(=O)NC)cc1)NC1CC(C)(C)Oc2ccccc21. The molecule has 0 radical (unpaired) electrons. The average molecular weight is 380 g/mol. The summed E-state index contributed by atoms with van der Waals surface area (Å²) in [4.78, 5) is 16.0. The van der Waals surface area contributed by atoms with Crippen LogP contribution < -0.4 is 20.7 Å². The summed E-state index contributed by atoms with van der Waals surface area (Å²) < 4.78 is 6.10. The Morgan fingerprint density at radius 2 is 1.89 bits per heavy atom. The lowest BCUT2D eigenvalue weighted by atomic mass is 9.90. The Balaban J connectivity index is 1.66. The van der Waals surface area contributed by atoms with Crippen LogP contribution in [0.3, 0.4) is 0 Å². The van der Waals surface area contributed by atoms with E-state index in [4.69, 9.17) is 4.74 Å². The first kappa shape index (κ1) is 19.7. The van der Waals surface area contributed by atoms with Gasteiger partial charge in [0.05, 0.1) is 6.04 Å². The molecular weight excluding hydrogens is 352 g/mol. The molecular formula is C22H28N4O2. The highest BCUT2D eigenvalue weighted by atomic mass is 16.5. The molecule has 1 heterocycles. The first-order valence-corrected chi connectivity index (χ1v) is 9.48. The number of ether oxygens (including phenoxy) is 1. The summed E-state index contributed by atoms with van der Waals surface area (Å²) in [6.45, 7) is 4.81. The van der Waals surface area contributed by atoms with Crippen LogP contribution in [0.15, 0.2) is 53.5 Å². The van der Waals surface area contributed by atoms with Crippen molar-refractivity contribution in [2.75, 3.05) is 14.1 Å². The maximum Gasteiger partial charge on any atom is 0.251 e. The minimum absolute atomic E-state index is 0.0854. The predicted molar refractivity (Wildman–Crippen MR) is 112 cm³/mol. The smallest absolute Gasteiger partial charge is 0.251 e. The molecule has 6 heteroatoms. The summed E-state index contributed by atoms with van der Waals surface area (Å²) in [6, 6.07) is 15.8. The molecule has 6 nitrogen and oxygen atoms in total. The van der Waals surface area contributed by atoms with Crippen LogP contribution in [0.2, 0.25) is 0 Å². The molecule has 0 bridgehead atoms. The first-order valence-electron chi connectivity index (χ1n) is 9.48. The fraction of sp³-hybridized carbons (Fsp3) is 0.364. The van der Waals surface area contributed by atoms with Gasteiger partial charge in [-0.2, -0.15) is 0 Å². The largest absolute Gasteiger partial charge is 0.487 e. The maximum atomic E-state index is 11.6. The van der Waals surface area contributed by atoms with Gasteiger partial charge in [-0.1, -0.05) is 30.3 Å². The fourth-order valence-electron chi connectivity index (χ4n) is 3.39. The monoisotopic (exact) mass is 380 g/mol. The topological polar surface area (TPSA) is 74.8 Å². The number of amides is 1. The van der Waals surface area contributed by atoms with Crippen molar-refractivity contribution in [1.82, 2.24) is 16.0 Å². The van der Waals surface area contributed by atoms with E-state index < -0.39 is 0 Å². The quantitative estimate of drug-likeness (QED) is 0.563. The molecule has 3 rings (SSSR count). The Morgan fingerprint density at radius 1 is 1.18 bits per heavy atom. The Bertz CT molecular complexity index is 859. The highest BCUT2D eigenvalue weighted by Gasteiger charge is 2.33. The molecule has 0 saturated carbocycles. The van der Waals surface area contributed by atoms with Gasteiger partial charge in [0.1, 0.15) is 11.4 Å². The van der Waals surface area contributed by atoms with E-state index in [0.29, 0.717) is 12.1 Å². The Morgan fingerprint density at radius 3 is 2.57 bits per heavy atom. The normalized spacial score (nSPS) is 17.9. The van der Waals surface area contributed by atoms with Crippen LogP contribution in [0.1, 0.15) is 47.8 Å². The number of guanidine groups is 1. The summed E-state index contributed by atoms with van der Waals surface area (Å²) in [5, 5.41) is 9.50. The van der Waals surface area contributed by atoms with Crippen molar-refractivity contribution in [2.45, 2.75) is 38.5 Å². The van der Waals surface area contributed by atoms with E-state index in [9.17, 15) is 4.79 Å². The lowest BCUT2D eigenvalue weighted by molar-refractivity contribution is 0.0694. The number of nitrogens with one attached hydrogen (secondary N) is 3. The van der Waals surface area contributed by atoms with Crippen LogP contribution in [0, 0.1) is 0 Å². The summed E-state index contributed by atoms with van der Waals surface area (Å²) >= 11 is 0. The number of carbonyl (C=O) groups is 1. The van der Waals surface area contributed by atoms with Crippen LogP contribution in [0.4, 0.5) is 0 Å². The minimum atomic E-state index is -0.249. The van der Waals surface area contributed by atoms with Crippen LogP contribution in [-0.4, -0.2) is 31.6 Å². The number of nitrogens with zero attached hydrogens (tertiary/aromatic N) is 1. The van der Waals surface area contributed by atoms with E-state index in [1.54, 1.807) is 14.1 Å². The molecule has 1 aliphatic heterocycles. The van der Waals surface area contributed by atoms with Crippen molar-refractivity contribution >= 4 is 11.9 Å². The van der Waals surface area contributed by atoms with Crippen molar-refractivity contribution < 1.29 is 9.53 Å². The maximum absolute atomic E-state index is 11.6. The molecule has 28 heavy (non-hydrogen) atoms. The van der Waals surface area contributed by atoms with Crippen molar-refractivity contribution in [3.63, 3.8) is 0 Å². The van der Waals surface area contributed by atoms with Gasteiger partial charge in [-0.05, 0) is 37.6 Å². The van der Waals surface area contributed by atoms with E-state index in [1.807, 2.05) is 42.5 Å². The molecule has 0 saturated heterocycles. The molecule has 2 aromatic rings. The van der Waals surface area contributed by atoms with Gasteiger partial charge in [0.2, 0.25) is 0 Å². The van der Waals surface area contributed by atoms with Gasteiger partial charge >= 0.3 is 0 Å². The fourth-order valence-corrected chi connectivity index (χ4v) is 3.39. The van der Waals surface area contributed by atoms with E-state index in [-0.39, 0.29) is 17.6 Å². The van der Waals surface area contributed by atoms with Crippen molar-refractivity contribution in [3.8, 4) is 5.75 Å².